The summed E-state index contributed by atoms with van der Waals surface area (Å²) in [5.74, 6) is -0.262. The number of imide groups is 1. The van der Waals surface area contributed by atoms with Gasteiger partial charge in [-0.1, -0.05) is 54.1 Å². The fourth-order valence-corrected chi connectivity index (χ4v) is 6.39. The molecule has 0 aliphatic carbocycles. The summed E-state index contributed by atoms with van der Waals surface area (Å²) >= 11 is 8.12. The molecule has 0 saturated carbocycles. The first kappa shape index (κ1) is 21.4. The maximum Gasteiger partial charge on any atom is 0.329 e. The predicted molar refractivity (Wildman–Crippen MR) is 136 cm³/mol. The largest absolute Gasteiger partial charge is 0.377 e. The van der Waals surface area contributed by atoms with Gasteiger partial charge in [0.15, 0.2) is 0 Å². The second-order valence-corrected chi connectivity index (χ2v) is 9.91. The molecule has 1 aromatic heterocycles. The Balaban J connectivity index is 1.36. The first-order chi connectivity index (χ1) is 16.6. The Bertz CT molecular complexity index is 1400. The van der Waals surface area contributed by atoms with Gasteiger partial charge in [-0.3, -0.25) is 9.78 Å². The molecule has 4 heterocycles. The second-order valence-electron chi connectivity index (χ2n) is 8.31. The van der Waals surface area contributed by atoms with Crippen molar-refractivity contribution in [3.05, 3.63) is 83.2 Å². The Labute approximate surface area is 205 Å². The molecule has 3 aromatic rings. The van der Waals surface area contributed by atoms with Crippen LogP contribution in [0.15, 0.2) is 67.0 Å². The lowest BCUT2D eigenvalue weighted by Crippen LogP contribution is -2.60. The molecule has 34 heavy (non-hydrogen) atoms. The molecule has 1 N–H and O–H groups in total. The third-order valence-corrected chi connectivity index (χ3v) is 7.98. The number of hydrogen-bond donors (Lipinski definition) is 1. The van der Waals surface area contributed by atoms with Crippen molar-refractivity contribution in [2.75, 3.05) is 18.1 Å². The van der Waals surface area contributed by atoms with E-state index in [0.717, 1.165) is 33.2 Å². The fourth-order valence-electron chi connectivity index (χ4n) is 4.72. The van der Waals surface area contributed by atoms with Crippen LogP contribution in [-0.4, -0.2) is 41.4 Å². The van der Waals surface area contributed by atoms with E-state index >= 15 is 0 Å². The van der Waals surface area contributed by atoms with Gasteiger partial charge in [-0.05, 0) is 29.7 Å². The van der Waals surface area contributed by atoms with Gasteiger partial charge in [0.05, 0.1) is 31.1 Å². The van der Waals surface area contributed by atoms with Crippen molar-refractivity contribution in [1.29, 1.82) is 0 Å². The Morgan fingerprint density at radius 3 is 2.85 bits per heavy atom. The minimum atomic E-state index is -0.487. The highest BCUT2D eigenvalue weighted by Crippen LogP contribution is 2.47. The van der Waals surface area contributed by atoms with E-state index < -0.39 is 17.3 Å². The topological polar surface area (TPSA) is 71.5 Å². The Hall–Kier alpha value is -3.13. The van der Waals surface area contributed by atoms with Crippen LogP contribution in [0.25, 0.3) is 21.3 Å². The number of ether oxygens (including phenoxy) is 1. The SMILES string of the molecule is O=C1NC2C=C(c3c(Cl)cccc3C3=CCOCC3)SC2C(=O)N1c1cncc2ccccc12. The summed E-state index contributed by atoms with van der Waals surface area (Å²) in [6.07, 6.45) is 8.12. The monoisotopic (exact) mass is 489 g/mol. The number of nitrogens with zero attached hydrogens (tertiary/aromatic N) is 2. The van der Waals surface area contributed by atoms with E-state index in [4.69, 9.17) is 16.3 Å². The zero-order valence-electron chi connectivity index (χ0n) is 18.0. The number of carbonyl (C=O) groups is 2. The summed E-state index contributed by atoms with van der Waals surface area (Å²) in [4.78, 5) is 33.1. The minimum Gasteiger partial charge on any atom is -0.377 e. The van der Waals surface area contributed by atoms with Crippen molar-refractivity contribution < 1.29 is 14.3 Å². The standard InChI is InChI=1S/C26H20ClN3O3S/c27-19-7-3-6-18(15-8-10-33-11-9-15)23(19)22-12-20-24(34-22)25(31)30(26(32)29-20)21-14-28-13-16-4-1-2-5-17(16)21/h1-8,12-14,20,24H,9-11H2,(H,29,32). The Morgan fingerprint density at radius 2 is 2.00 bits per heavy atom. The molecule has 3 aliphatic rings. The van der Waals surface area contributed by atoms with Gasteiger partial charge < -0.3 is 10.1 Å². The summed E-state index contributed by atoms with van der Waals surface area (Å²) in [5, 5.41) is 4.81. The fraction of sp³-hybridized carbons (Fsp3) is 0.192. The number of anilines is 1. The number of carbonyl (C=O) groups excluding carboxylic acids is 2. The van der Waals surface area contributed by atoms with E-state index in [1.165, 1.54) is 22.2 Å². The van der Waals surface area contributed by atoms with Crippen LogP contribution in [-0.2, 0) is 9.53 Å². The summed E-state index contributed by atoms with van der Waals surface area (Å²) < 4.78 is 5.47. The van der Waals surface area contributed by atoms with Crippen LogP contribution < -0.4 is 10.2 Å². The highest BCUT2D eigenvalue weighted by atomic mass is 35.5. The maximum absolute atomic E-state index is 13.6. The lowest BCUT2D eigenvalue weighted by molar-refractivity contribution is -0.118. The molecular weight excluding hydrogens is 470 g/mol. The Morgan fingerprint density at radius 1 is 1.12 bits per heavy atom. The van der Waals surface area contributed by atoms with Crippen LogP contribution in [0.2, 0.25) is 5.02 Å². The zero-order chi connectivity index (χ0) is 23.2. The molecule has 6 rings (SSSR count). The van der Waals surface area contributed by atoms with Crippen molar-refractivity contribution in [1.82, 2.24) is 10.3 Å². The molecule has 3 aliphatic heterocycles. The summed E-state index contributed by atoms with van der Waals surface area (Å²) in [7, 11) is 0. The van der Waals surface area contributed by atoms with Crippen LogP contribution in [0.4, 0.5) is 10.5 Å². The van der Waals surface area contributed by atoms with Gasteiger partial charge in [0, 0.05) is 32.5 Å². The summed E-state index contributed by atoms with van der Waals surface area (Å²) in [6, 6.07) is 12.6. The lowest BCUT2D eigenvalue weighted by Gasteiger charge is -2.33. The summed E-state index contributed by atoms with van der Waals surface area (Å²) in [5.41, 5.74) is 3.61. The average molecular weight is 490 g/mol. The molecule has 6 nitrogen and oxygen atoms in total. The quantitative estimate of drug-likeness (QED) is 0.542. The molecule has 1 saturated heterocycles. The molecule has 2 unspecified atom stereocenters. The highest BCUT2D eigenvalue weighted by Gasteiger charge is 2.46. The smallest absolute Gasteiger partial charge is 0.329 e. The molecule has 2 aromatic carbocycles. The predicted octanol–water partition coefficient (Wildman–Crippen LogP) is 5.27. The maximum atomic E-state index is 13.6. The zero-order valence-corrected chi connectivity index (χ0v) is 19.6. The average Bonchev–Trinajstić information content (AvgIpc) is 3.28. The van der Waals surface area contributed by atoms with Crippen molar-refractivity contribution >= 4 is 62.2 Å². The molecular formula is C26H20ClN3O3S. The number of thioether (sulfide) groups is 1. The van der Waals surface area contributed by atoms with Crippen LogP contribution in [0.3, 0.4) is 0 Å². The van der Waals surface area contributed by atoms with Gasteiger partial charge in [0.2, 0.25) is 0 Å². The number of benzene rings is 2. The number of nitrogens with one attached hydrogen (secondary N) is 1. The van der Waals surface area contributed by atoms with Crippen LogP contribution in [0.5, 0.6) is 0 Å². The third-order valence-electron chi connectivity index (χ3n) is 6.33. The summed E-state index contributed by atoms with van der Waals surface area (Å²) in [6.45, 7) is 1.24. The first-order valence-electron chi connectivity index (χ1n) is 11.0. The third kappa shape index (κ3) is 3.52. The number of fused-ring (bicyclic) bond motifs is 2. The molecule has 0 bridgehead atoms. The van der Waals surface area contributed by atoms with E-state index in [2.05, 4.69) is 22.4 Å². The van der Waals surface area contributed by atoms with Crippen molar-refractivity contribution in [3.63, 3.8) is 0 Å². The number of rotatable bonds is 3. The molecule has 2 atom stereocenters. The number of urea groups is 1. The van der Waals surface area contributed by atoms with Crippen molar-refractivity contribution in [2.24, 2.45) is 0 Å². The van der Waals surface area contributed by atoms with Gasteiger partial charge in [0.25, 0.3) is 5.91 Å². The van der Waals surface area contributed by atoms with Gasteiger partial charge in [-0.2, -0.15) is 0 Å². The number of amides is 3. The molecule has 8 heteroatoms. The molecule has 1 fully saturated rings. The second kappa shape index (κ2) is 8.58. The van der Waals surface area contributed by atoms with Gasteiger partial charge in [-0.15, -0.1) is 11.8 Å². The van der Waals surface area contributed by atoms with Crippen LogP contribution >= 0.6 is 23.4 Å². The van der Waals surface area contributed by atoms with Crippen LogP contribution in [0.1, 0.15) is 17.5 Å². The van der Waals surface area contributed by atoms with E-state index in [1.54, 1.807) is 12.4 Å². The number of hydrogen-bond acceptors (Lipinski definition) is 5. The Kier molecular flexibility index (Phi) is 5.40. The number of aromatic nitrogens is 1. The van der Waals surface area contributed by atoms with Gasteiger partial charge in [-0.25, -0.2) is 9.69 Å². The van der Waals surface area contributed by atoms with E-state index in [-0.39, 0.29) is 5.91 Å². The molecule has 0 radical (unpaired) electrons. The highest BCUT2D eigenvalue weighted by molar-refractivity contribution is 8.09. The van der Waals surface area contributed by atoms with Crippen LogP contribution in [0, 0.1) is 0 Å². The van der Waals surface area contributed by atoms with Gasteiger partial charge >= 0.3 is 6.03 Å². The van der Waals surface area contributed by atoms with E-state index in [9.17, 15) is 9.59 Å². The van der Waals surface area contributed by atoms with Crippen molar-refractivity contribution in [2.45, 2.75) is 17.7 Å². The molecule has 0 spiro atoms. The van der Waals surface area contributed by atoms with Crippen molar-refractivity contribution in [3.8, 4) is 0 Å². The van der Waals surface area contributed by atoms with E-state index in [0.29, 0.717) is 23.9 Å². The van der Waals surface area contributed by atoms with Gasteiger partial charge in [0.1, 0.15) is 5.25 Å². The normalized spacial score (nSPS) is 22.3. The first-order valence-corrected chi connectivity index (χ1v) is 12.3. The van der Waals surface area contributed by atoms with E-state index in [1.807, 2.05) is 42.5 Å². The molecule has 3 amide bonds. The number of halogens is 1. The minimum absolute atomic E-state index is 0.262. The lowest BCUT2D eigenvalue weighted by atomic mass is 9.95. The number of pyridine rings is 1. The molecule has 170 valence electrons.